The number of benzene rings is 2. The second kappa shape index (κ2) is 8.84. The number of hydrogen-bond acceptors (Lipinski definition) is 5. The molecule has 2 aromatic carbocycles. The molecule has 4 aromatic rings. The van der Waals surface area contributed by atoms with Gasteiger partial charge in [-0.3, -0.25) is 10.1 Å². The molecule has 2 aromatic heterocycles. The smallest absolute Gasteiger partial charge is 0.293 e. The summed E-state index contributed by atoms with van der Waals surface area (Å²) in [6, 6.07) is 18.5. The molecule has 7 nitrogen and oxygen atoms in total. The molecule has 0 fully saturated rings. The van der Waals surface area contributed by atoms with Gasteiger partial charge in [0.05, 0.1) is 6.54 Å². The Morgan fingerprint density at radius 1 is 1.17 bits per heavy atom. The van der Waals surface area contributed by atoms with Crippen LogP contribution in [0.25, 0.3) is 0 Å². The van der Waals surface area contributed by atoms with Gasteiger partial charge in [-0.15, -0.1) is 5.10 Å². The van der Waals surface area contributed by atoms with E-state index in [0.29, 0.717) is 23.1 Å². The molecule has 0 aliphatic rings. The number of ether oxygens (including phenoxy) is 1. The molecule has 0 spiro atoms. The lowest BCUT2D eigenvalue weighted by Crippen LogP contribution is -2.12. The minimum atomic E-state index is -0.433. The van der Waals surface area contributed by atoms with Crippen LogP contribution in [-0.4, -0.2) is 20.7 Å². The van der Waals surface area contributed by atoms with E-state index in [0.717, 1.165) is 5.56 Å². The van der Waals surface area contributed by atoms with Crippen molar-refractivity contribution in [2.45, 2.75) is 20.1 Å². The number of aryl methyl sites for hydroxylation is 1. The first-order valence-corrected chi connectivity index (χ1v) is 9.66. The van der Waals surface area contributed by atoms with Gasteiger partial charge in [0.2, 0.25) is 5.95 Å². The lowest BCUT2D eigenvalue weighted by molar-refractivity contribution is 0.0991. The molecule has 1 N–H and O–H groups in total. The van der Waals surface area contributed by atoms with Crippen LogP contribution in [0.4, 0.5) is 5.95 Å². The lowest BCUT2D eigenvalue weighted by atomic mass is 10.1. The Morgan fingerprint density at radius 3 is 2.80 bits per heavy atom. The van der Waals surface area contributed by atoms with E-state index in [1.54, 1.807) is 47.4 Å². The zero-order chi connectivity index (χ0) is 20.9. The topological polar surface area (TPSA) is 82.2 Å². The third-order valence-corrected chi connectivity index (χ3v) is 4.52. The minimum absolute atomic E-state index is 0.148. The molecule has 30 heavy (non-hydrogen) atoms. The number of carbonyl (C=O) groups is 1. The van der Waals surface area contributed by atoms with Crippen molar-refractivity contribution in [3.8, 4) is 5.75 Å². The quantitative estimate of drug-likeness (QED) is 0.466. The number of nitrogens with one attached hydrogen (secondary N) is 1. The summed E-state index contributed by atoms with van der Waals surface area (Å²) < 4.78 is 12.8. The number of halogens is 1. The summed E-state index contributed by atoms with van der Waals surface area (Å²) in [5.74, 6) is 1.05. The Kier molecular flexibility index (Phi) is 5.81. The number of nitrogens with zero attached hydrogens (tertiary/aromatic N) is 3. The Balaban J connectivity index is 1.33. The van der Waals surface area contributed by atoms with Crippen LogP contribution in [0.5, 0.6) is 5.75 Å². The molecule has 0 atom stereocenters. The van der Waals surface area contributed by atoms with E-state index < -0.39 is 5.91 Å². The summed E-state index contributed by atoms with van der Waals surface area (Å²) in [7, 11) is 0. The first-order chi connectivity index (χ1) is 14.5. The van der Waals surface area contributed by atoms with Gasteiger partial charge in [-0.05, 0) is 42.8 Å². The Morgan fingerprint density at radius 2 is 2.00 bits per heavy atom. The second-order valence-corrected chi connectivity index (χ2v) is 7.15. The van der Waals surface area contributed by atoms with Gasteiger partial charge in [-0.25, -0.2) is 9.67 Å². The van der Waals surface area contributed by atoms with Crippen LogP contribution >= 0.6 is 11.6 Å². The van der Waals surface area contributed by atoms with Gasteiger partial charge in [-0.1, -0.05) is 47.5 Å². The molecule has 0 saturated carbocycles. The van der Waals surface area contributed by atoms with Gasteiger partial charge < -0.3 is 9.15 Å². The van der Waals surface area contributed by atoms with Gasteiger partial charge >= 0.3 is 0 Å². The number of hydrogen-bond donors (Lipinski definition) is 1. The summed E-state index contributed by atoms with van der Waals surface area (Å²) in [6.45, 7) is 2.78. The van der Waals surface area contributed by atoms with Crippen molar-refractivity contribution in [2.75, 3.05) is 5.32 Å². The van der Waals surface area contributed by atoms with Crippen LogP contribution in [0.3, 0.4) is 0 Å². The van der Waals surface area contributed by atoms with E-state index in [1.165, 1.54) is 5.56 Å². The molecule has 152 valence electrons. The molecule has 4 rings (SSSR count). The zero-order valence-electron chi connectivity index (χ0n) is 16.2. The zero-order valence-corrected chi connectivity index (χ0v) is 17.0. The molecule has 0 radical (unpaired) electrons. The minimum Gasteiger partial charge on any atom is -0.486 e. The molecule has 0 saturated heterocycles. The highest BCUT2D eigenvalue weighted by Gasteiger charge is 2.14. The third-order valence-electron chi connectivity index (χ3n) is 4.29. The normalized spacial score (nSPS) is 10.7. The molecule has 8 heteroatoms. The van der Waals surface area contributed by atoms with Crippen LogP contribution in [0.15, 0.2) is 71.4 Å². The fraction of sp³-hybridized carbons (Fsp3) is 0.136. The number of rotatable bonds is 7. The standard InChI is InChI=1S/C22H19ClN4O3/c1-15-5-7-16(8-6-15)12-27-14-24-22(26-27)25-21(28)20-10-9-19(30-20)13-29-18-4-2-3-17(23)11-18/h2-11,14H,12-13H2,1H3,(H,25,26,28). The number of aromatic nitrogens is 3. The second-order valence-electron chi connectivity index (χ2n) is 6.72. The van der Waals surface area contributed by atoms with Gasteiger partial charge in [0.15, 0.2) is 5.76 Å². The SMILES string of the molecule is Cc1ccc(Cn2cnc(NC(=O)c3ccc(COc4cccc(Cl)c4)o3)n2)cc1. The summed E-state index contributed by atoms with van der Waals surface area (Å²) in [5.41, 5.74) is 2.29. The van der Waals surface area contributed by atoms with E-state index in [-0.39, 0.29) is 18.3 Å². The predicted molar refractivity (Wildman–Crippen MR) is 113 cm³/mol. The molecular formula is C22H19ClN4O3. The predicted octanol–water partition coefficient (Wildman–Crippen LogP) is 4.71. The molecular weight excluding hydrogens is 404 g/mol. The van der Waals surface area contributed by atoms with E-state index in [1.807, 2.05) is 31.2 Å². The van der Waals surface area contributed by atoms with Crippen molar-refractivity contribution in [3.63, 3.8) is 0 Å². The van der Waals surface area contributed by atoms with E-state index in [4.69, 9.17) is 20.8 Å². The lowest BCUT2D eigenvalue weighted by Gasteiger charge is -2.04. The summed E-state index contributed by atoms with van der Waals surface area (Å²) in [6.07, 6.45) is 1.57. The molecule has 0 aliphatic carbocycles. The van der Waals surface area contributed by atoms with Crippen molar-refractivity contribution < 1.29 is 13.9 Å². The Hall–Kier alpha value is -3.58. The summed E-state index contributed by atoms with van der Waals surface area (Å²) >= 11 is 5.93. The first kappa shape index (κ1) is 19.7. The Labute approximate surface area is 178 Å². The van der Waals surface area contributed by atoms with E-state index in [2.05, 4.69) is 15.4 Å². The number of carbonyl (C=O) groups excluding carboxylic acids is 1. The molecule has 0 unspecified atom stereocenters. The highest BCUT2D eigenvalue weighted by Crippen LogP contribution is 2.19. The number of anilines is 1. The fourth-order valence-corrected chi connectivity index (χ4v) is 2.94. The largest absolute Gasteiger partial charge is 0.486 e. The molecule has 0 aliphatic heterocycles. The highest BCUT2D eigenvalue weighted by atomic mass is 35.5. The van der Waals surface area contributed by atoms with Crippen LogP contribution in [0.2, 0.25) is 5.02 Å². The van der Waals surface area contributed by atoms with E-state index in [9.17, 15) is 4.79 Å². The summed E-state index contributed by atoms with van der Waals surface area (Å²) in [5, 5.41) is 7.50. The van der Waals surface area contributed by atoms with Crippen molar-refractivity contribution in [1.82, 2.24) is 14.8 Å². The maximum atomic E-state index is 12.4. The van der Waals surface area contributed by atoms with Crippen molar-refractivity contribution in [3.05, 3.63) is 94.7 Å². The summed E-state index contributed by atoms with van der Waals surface area (Å²) in [4.78, 5) is 16.5. The maximum Gasteiger partial charge on any atom is 0.293 e. The molecule has 0 bridgehead atoms. The van der Waals surface area contributed by atoms with Crippen LogP contribution in [0.1, 0.15) is 27.4 Å². The van der Waals surface area contributed by atoms with Gasteiger partial charge in [0.25, 0.3) is 5.91 Å². The first-order valence-electron chi connectivity index (χ1n) is 9.28. The van der Waals surface area contributed by atoms with Gasteiger partial charge in [0, 0.05) is 5.02 Å². The van der Waals surface area contributed by atoms with Crippen molar-refractivity contribution >= 4 is 23.5 Å². The maximum absolute atomic E-state index is 12.4. The Bertz CT molecular complexity index is 1150. The van der Waals surface area contributed by atoms with Gasteiger partial charge in [0.1, 0.15) is 24.4 Å². The average molecular weight is 423 g/mol. The highest BCUT2D eigenvalue weighted by molar-refractivity contribution is 6.30. The third kappa shape index (κ3) is 5.07. The van der Waals surface area contributed by atoms with E-state index >= 15 is 0 Å². The van der Waals surface area contributed by atoms with Crippen molar-refractivity contribution in [2.24, 2.45) is 0 Å². The fourth-order valence-electron chi connectivity index (χ4n) is 2.76. The number of furan rings is 1. The average Bonchev–Trinajstić information content (AvgIpc) is 3.38. The molecule has 2 heterocycles. The van der Waals surface area contributed by atoms with Crippen LogP contribution in [0, 0.1) is 6.92 Å². The van der Waals surface area contributed by atoms with Crippen LogP contribution < -0.4 is 10.1 Å². The molecule has 1 amide bonds. The van der Waals surface area contributed by atoms with Crippen LogP contribution in [-0.2, 0) is 13.2 Å². The van der Waals surface area contributed by atoms with Crippen molar-refractivity contribution in [1.29, 1.82) is 0 Å². The monoisotopic (exact) mass is 422 g/mol. The van der Waals surface area contributed by atoms with Gasteiger partial charge in [-0.2, -0.15) is 0 Å². The number of amides is 1.